The predicted molar refractivity (Wildman–Crippen MR) is 157 cm³/mol. The van der Waals surface area contributed by atoms with E-state index in [1.807, 2.05) is 24.3 Å². The molecule has 2 saturated heterocycles. The molecule has 2 aromatic heterocycles. The number of nitrogens with one attached hydrogen (secondary N) is 2. The number of carbonyl (C=O) groups excluding carboxylic acids is 1. The van der Waals surface area contributed by atoms with Gasteiger partial charge in [-0.2, -0.15) is 0 Å². The maximum absolute atomic E-state index is 13.4. The van der Waals surface area contributed by atoms with Crippen LogP contribution >= 0.6 is 0 Å². The van der Waals surface area contributed by atoms with E-state index in [1.54, 1.807) is 47.9 Å². The van der Waals surface area contributed by atoms with E-state index >= 15 is 0 Å². The quantitative estimate of drug-likeness (QED) is 0.252. The topological polar surface area (TPSA) is 93.4 Å². The number of ether oxygens (including phenoxy) is 1. The Bertz CT molecular complexity index is 1460. The predicted octanol–water partition coefficient (Wildman–Crippen LogP) is 5.36. The van der Waals surface area contributed by atoms with Gasteiger partial charge in [-0.15, -0.1) is 13.2 Å². The first-order valence-electron chi connectivity index (χ1n) is 14.9. The molecule has 0 bridgehead atoms. The molecule has 4 heterocycles. The second kappa shape index (κ2) is 12.8. The molecule has 0 aliphatic carbocycles. The average molecular weight is 608 g/mol. The zero-order valence-corrected chi connectivity index (χ0v) is 24.4. The molecule has 0 atom stereocenters. The number of aromatic amines is 2. The molecule has 1 amide bonds. The Kier molecular flexibility index (Phi) is 8.72. The number of hydrogen-bond acceptors (Lipinski definition) is 6. The second-order valence-electron chi connectivity index (χ2n) is 11.8. The van der Waals surface area contributed by atoms with Crippen LogP contribution in [-0.4, -0.2) is 73.1 Å². The van der Waals surface area contributed by atoms with Gasteiger partial charge in [-0.1, -0.05) is 30.3 Å². The Morgan fingerprint density at radius 3 is 2.07 bits per heavy atom. The molecule has 1 spiro atoms. The molecule has 6 rings (SSSR count). The van der Waals surface area contributed by atoms with Crippen molar-refractivity contribution in [3.63, 3.8) is 0 Å². The first-order chi connectivity index (χ1) is 21.2. The number of para-hydroxylation sites is 1. The molecule has 4 aromatic rings. The Labute approximate surface area is 254 Å². The Morgan fingerprint density at radius 2 is 1.48 bits per heavy atom. The minimum atomic E-state index is -4.70. The van der Waals surface area contributed by atoms with Gasteiger partial charge < -0.3 is 19.6 Å². The number of H-pyrrole nitrogens is 2. The number of alkyl halides is 3. The molecule has 232 valence electrons. The molecule has 0 radical (unpaired) electrons. The summed E-state index contributed by atoms with van der Waals surface area (Å²) >= 11 is 0. The van der Waals surface area contributed by atoms with Gasteiger partial charge in [-0.3, -0.25) is 14.6 Å². The van der Waals surface area contributed by atoms with Crippen LogP contribution in [0, 0.1) is 5.41 Å². The molecule has 2 aromatic carbocycles. The van der Waals surface area contributed by atoms with Crippen LogP contribution in [-0.2, 0) is 26.2 Å². The largest absolute Gasteiger partial charge is 0.573 e. The average Bonchev–Trinajstić information content (AvgIpc) is 3.79. The summed E-state index contributed by atoms with van der Waals surface area (Å²) in [6.07, 6.45) is 5.25. The lowest BCUT2D eigenvalue weighted by Gasteiger charge is -2.39. The molecule has 9 nitrogen and oxygen atoms in total. The first-order valence-corrected chi connectivity index (χ1v) is 14.9. The van der Waals surface area contributed by atoms with Crippen molar-refractivity contribution in [3.8, 4) is 5.75 Å². The number of halogens is 3. The molecule has 2 aliphatic heterocycles. The molecule has 12 heteroatoms. The Hall–Kier alpha value is -4.16. The van der Waals surface area contributed by atoms with Gasteiger partial charge in [0.25, 0.3) is 5.91 Å². The summed E-state index contributed by atoms with van der Waals surface area (Å²) in [5, 5.41) is 0. The van der Waals surface area contributed by atoms with E-state index < -0.39 is 6.36 Å². The van der Waals surface area contributed by atoms with E-state index in [4.69, 9.17) is 0 Å². The number of rotatable bonds is 10. The monoisotopic (exact) mass is 607 g/mol. The number of amides is 1. The highest BCUT2D eigenvalue weighted by Crippen LogP contribution is 2.41. The zero-order chi connectivity index (χ0) is 30.6. The van der Waals surface area contributed by atoms with Gasteiger partial charge in [0.1, 0.15) is 17.4 Å². The highest BCUT2D eigenvalue weighted by atomic mass is 19.4. The van der Waals surface area contributed by atoms with Crippen molar-refractivity contribution in [2.24, 2.45) is 5.41 Å². The van der Waals surface area contributed by atoms with E-state index in [9.17, 15) is 18.0 Å². The van der Waals surface area contributed by atoms with Gasteiger partial charge in [0.2, 0.25) is 0 Å². The number of imidazole rings is 2. The van der Waals surface area contributed by atoms with Crippen molar-refractivity contribution >= 4 is 5.91 Å². The van der Waals surface area contributed by atoms with Gasteiger partial charge in [0, 0.05) is 55.5 Å². The fourth-order valence-corrected chi connectivity index (χ4v) is 6.38. The van der Waals surface area contributed by atoms with Crippen molar-refractivity contribution in [1.29, 1.82) is 0 Å². The first kappa shape index (κ1) is 29.9. The van der Waals surface area contributed by atoms with Crippen molar-refractivity contribution in [2.45, 2.75) is 51.8 Å². The number of likely N-dealkylation sites (tertiary alicyclic amines) is 2. The highest BCUT2D eigenvalue weighted by Gasteiger charge is 2.40. The van der Waals surface area contributed by atoms with E-state index in [0.717, 1.165) is 57.5 Å². The Balaban J connectivity index is 1.02. The summed E-state index contributed by atoms with van der Waals surface area (Å²) in [7, 11) is 0. The summed E-state index contributed by atoms with van der Waals surface area (Å²) in [6, 6.07) is 14.2. The molecular formula is C32H36F3N7O2. The smallest absolute Gasteiger partial charge is 0.405 e. The molecule has 2 aliphatic rings. The van der Waals surface area contributed by atoms with E-state index in [-0.39, 0.29) is 17.1 Å². The normalized spacial score (nSPS) is 17.2. The maximum Gasteiger partial charge on any atom is 0.573 e. The van der Waals surface area contributed by atoms with Crippen LogP contribution < -0.4 is 4.74 Å². The molecule has 2 fully saturated rings. The van der Waals surface area contributed by atoms with E-state index in [1.165, 1.54) is 6.07 Å². The summed E-state index contributed by atoms with van der Waals surface area (Å²) in [6.45, 7) is 5.63. The van der Waals surface area contributed by atoms with Crippen LogP contribution in [0.2, 0.25) is 0 Å². The lowest BCUT2D eigenvalue weighted by Crippen LogP contribution is -2.41. The Morgan fingerprint density at radius 1 is 0.864 bits per heavy atom. The molecular weight excluding hydrogens is 571 g/mol. The van der Waals surface area contributed by atoms with E-state index in [0.29, 0.717) is 42.4 Å². The highest BCUT2D eigenvalue weighted by molar-refractivity contribution is 5.94. The lowest BCUT2D eigenvalue weighted by molar-refractivity contribution is -0.275. The third-order valence-electron chi connectivity index (χ3n) is 8.71. The molecule has 2 N–H and O–H groups in total. The molecule has 44 heavy (non-hydrogen) atoms. The van der Waals surface area contributed by atoms with Crippen molar-refractivity contribution in [2.75, 3.05) is 26.2 Å². The third-order valence-corrected chi connectivity index (χ3v) is 8.71. The van der Waals surface area contributed by atoms with Gasteiger partial charge in [-0.05, 0) is 68.1 Å². The van der Waals surface area contributed by atoms with Crippen molar-refractivity contribution < 1.29 is 22.7 Å². The lowest BCUT2D eigenvalue weighted by atomic mass is 9.77. The fraction of sp³-hybridized carbons (Fsp3) is 0.406. The number of carbonyl (C=O) groups is 1. The summed E-state index contributed by atoms with van der Waals surface area (Å²) < 4.78 is 42.8. The minimum absolute atomic E-state index is 0.0937. The number of hydrogen-bond donors (Lipinski definition) is 2. The number of aromatic nitrogens is 4. The van der Waals surface area contributed by atoms with Crippen molar-refractivity contribution in [1.82, 2.24) is 34.6 Å². The fourth-order valence-electron chi connectivity index (χ4n) is 6.38. The van der Waals surface area contributed by atoms with Crippen LogP contribution in [0.4, 0.5) is 13.2 Å². The van der Waals surface area contributed by atoms with Crippen LogP contribution in [0.25, 0.3) is 0 Å². The number of benzene rings is 2. The molecule has 0 unspecified atom stereocenters. The SMILES string of the molecule is O=C(c1ccc(CN2CCC3(CCN(Cc4ccccc4OC(F)(F)F)CC3)C2)cc1)N(Cc1ncc[nH]1)Cc1ncc[nH]1. The van der Waals surface area contributed by atoms with Crippen LogP contribution in [0.1, 0.15) is 52.4 Å². The van der Waals surface area contributed by atoms with Crippen LogP contribution in [0.3, 0.4) is 0 Å². The van der Waals surface area contributed by atoms with Crippen LogP contribution in [0.15, 0.2) is 73.3 Å². The number of piperidine rings is 1. The van der Waals surface area contributed by atoms with Gasteiger partial charge in [0.05, 0.1) is 13.1 Å². The van der Waals surface area contributed by atoms with Gasteiger partial charge >= 0.3 is 6.36 Å². The summed E-state index contributed by atoms with van der Waals surface area (Å²) in [5.74, 6) is 1.19. The summed E-state index contributed by atoms with van der Waals surface area (Å²) in [4.78, 5) is 34.5. The van der Waals surface area contributed by atoms with Crippen LogP contribution in [0.5, 0.6) is 5.75 Å². The number of nitrogens with zero attached hydrogens (tertiary/aromatic N) is 5. The van der Waals surface area contributed by atoms with Gasteiger partial charge in [0.15, 0.2) is 0 Å². The van der Waals surface area contributed by atoms with E-state index in [2.05, 4.69) is 34.5 Å². The molecule has 0 saturated carbocycles. The second-order valence-corrected chi connectivity index (χ2v) is 11.8. The third kappa shape index (κ3) is 7.48. The summed E-state index contributed by atoms with van der Waals surface area (Å²) in [5.41, 5.74) is 2.55. The van der Waals surface area contributed by atoms with Crippen molar-refractivity contribution in [3.05, 3.63) is 102 Å². The maximum atomic E-state index is 13.4. The zero-order valence-electron chi connectivity index (χ0n) is 24.4. The standard InChI is InChI=1S/C32H36F3N7O2/c33-32(34,35)44-27-4-2-1-3-26(27)20-40-16-9-31(10-17-40)11-18-41(23-31)19-24-5-7-25(8-6-24)30(43)42(21-28-36-12-13-37-28)22-29-38-14-15-39-29/h1-8,12-15H,9-11,16-23H2,(H,36,37)(H,38,39). The van der Waals surface area contributed by atoms with Gasteiger partial charge in [-0.25, -0.2) is 9.97 Å². The minimum Gasteiger partial charge on any atom is -0.405 e.